The van der Waals surface area contributed by atoms with Crippen molar-refractivity contribution in [2.75, 3.05) is 12.3 Å². The van der Waals surface area contributed by atoms with Crippen molar-refractivity contribution in [2.24, 2.45) is 0 Å². The van der Waals surface area contributed by atoms with Crippen molar-refractivity contribution in [3.8, 4) is 27.6 Å². The number of pyridine rings is 1. The van der Waals surface area contributed by atoms with Gasteiger partial charge in [-0.2, -0.15) is 0 Å². The fraction of sp³-hybridized carbons (Fsp3) is 0.200. The number of aromatic nitrogens is 3. The minimum atomic E-state index is 0.547. The molecule has 0 fully saturated rings. The zero-order valence-corrected chi connectivity index (χ0v) is 15.8. The van der Waals surface area contributed by atoms with Gasteiger partial charge in [-0.1, -0.05) is 11.3 Å². The average Bonchev–Trinajstić information content (AvgIpc) is 3.14. The maximum absolute atomic E-state index is 6.07. The van der Waals surface area contributed by atoms with E-state index in [2.05, 4.69) is 28.4 Å². The van der Waals surface area contributed by atoms with E-state index in [1.807, 2.05) is 44.3 Å². The lowest BCUT2D eigenvalue weighted by Gasteiger charge is -2.06. The summed E-state index contributed by atoms with van der Waals surface area (Å²) in [6.45, 7) is 6.70. The summed E-state index contributed by atoms with van der Waals surface area (Å²) in [5, 5.41) is 0.547. The van der Waals surface area contributed by atoms with Crippen LogP contribution >= 0.6 is 11.3 Å². The average molecular weight is 364 g/mol. The Labute approximate surface area is 156 Å². The van der Waals surface area contributed by atoms with Crippen molar-refractivity contribution in [3.05, 3.63) is 53.9 Å². The number of nitrogen functional groups attached to an aromatic ring is 1. The summed E-state index contributed by atoms with van der Waals surface area (Å²) in [5.74, 6) is 0.858. The molecule has 0 amide bonds. The summed E-state index contributed by atoms with van der Waals surface area (Å²) in [6, 6.07) is 12.2. The van der Waals surface area contributed by atoms with Gasteiger partial charge in [0, 0.05) is 6.20 Å². The Kier molecular flexibility index (Phi) is 4.12. The van der Waals surface area contributed by atoms with E-state index in [1.54, 1.807) is 0 Å². The Balaban J connectivity index is 1.88. The normalized spacial score (nSPS) is 11.2. The number of imidazole rings is 1. The fourth-order valence-electron chi connectivity index (χ4n) is 3.11. The minimum Gasteiger partial charge on any atom is -0.494 e. The largest absolute Gasteiger partial charge is 0.494 e. The van der Waals surface area contributed by atoms with E-state index in [1.165, 1.54) is 16.9 Å². The van der Waals surface area contributed by atoms with Crippen molar-refractivity contribution < 1.29 is 4.74 Å². The summed E-state index contributed by atoms with van der Waals surface area (Å²) in [7, 11) is 0. The Bertz CT molecular complexity index is 1080. The SMILES string of the molecule is CCOc1ccc(-c2sc(N)nc2-c2c(C)nc3cc(C)ccn23)cc1. The summed E-state index contributed by atoms with van der Waals surface area (Å²) in [4.78, 5) is 10.4. The van der Waals surface area contributed by atoms with Gasteiger partial charge in [0.05, 0.1) is 22.9 Å². The standard InChI is InChI=1S/C20H20N4OS/c1-4-25-15-7-5-14(6-8-15)19-17(23-20(21)26-19)18-13(3)22-16-11-12(2)9-10-24(16)18/h5-11H,4H2,1-3H3,(H2,21,23). The fourth-order valence-corrected chi connectivity index (χ4v) is 3.95. The maximum atomic E-state index is 6.07. The van der Waals surface area contributed by atoms with Gasteiger partial charge in [0.2, 0.25) is 0 Å². The number of ether oxygens (including phenoxy) is 1. The van der Waals surface area contributed by atoms with Crippen LogP contribution in [0.15, 0.2) is 42.6 Å². The highest BCUT2D eigenvalue weighted by Crippen LogP contribution is 2.39. The van der Waals surface area contributed by atoms with Crippen LogP contribution in [0.1, 0.15) is 18.2 Å². The molecule has 0 aliphatic rings. The zero-order valence-electron chi connectivity index (χ0n) is 15.0. The number of hydrogen-bond acceptors (Lipinski definition) is 5. The van der Waals surface area contributed by atoms with Gasteiger partial charge in [0.15, 0.2) is 5.13 Å². The summed E-state index contributed by atoms with van der Waals surface area (Å²) >= 11 is 1.49. The van der Waals surface area contributed by atoms with Crippen molar-refractivity contribution in [1.29, 1.82) is 0 Å². The van der Waals surface area contributed by atoms with Crippen LogP contribution in [0.5, 0.6) is 5.75 Å². The molecule has 0 atom stereocenters. The third kappa shape index (κ3) is 2.82. The molecular weight excluding hydrogens is 344 g/mol. The number of hydrogen-bond donors (Lipinski definition) is 1. The third-order valence-electron chi connectivity index (χ3n) is 4.25. The monoisotopic (exact) mass is 364 g/mol. The lowest BCUT2D eigenvalue weighted by atomic mass is 10.1. The second-order valence-corrected chi connectivity index (χ2v) is 7.20. The molecule has 26 heavy (non-hydrogen) atoms. The number of nitrogens with two attached hydrogens (primary N) is 1. The predicted octanol–water partition coefficient (Wildman–Crippen LogP) is 4.72. The van der Waals surface area contributed by atoms with Crippen molar-refractivity contribution in [2.45, 2.75) is 20.8 Å². The first-order valence-electron chi connectivity index (χ1n) is 8.52. The summed E-state index contributed by atoms with van der Waals surface area (Å²) in [5.41, 5.74) is 12.0. The lowest BCUT2D eigenvalue weighted by Crippen LogP contribution is -1.93. The third-order valence-corrected chi connectivity index (χ3v) is 5.19. The van der Waals surface area contributed by atoms with Gasteiger partial charge < -0.3 is 10.5 Å². The first kappa shape index (κ1) is 16.6. The molecule has 0 bridgehead atoms. The van der Waals surface area contributed by atoms with Crippen molar-refractivity contribution in [3.63, 3.8) is 0 Å². The maximum Gasteiger partial charge on any atom is 0.181 e. The summed E-state index contributed by atoms with van der Waals surface area (Å²) in [6.07, 6.45) is 2.04. The number of thiazole rings is 1. The molecule has 6 heteroatoms. The van der Waals surface area contributed by atoms with E-state index in [4.69, 9.17) is 15.5 Å². The smallest absolute Gasteiger partial charge is 0.181 e. The first-order valence-corrected chi connectivity index (χ1v) is 9.33. The highest BCUT2D eigenvalue weighted by molar-refractivity contribution is 7.19. The Hall–Kier alpha value is -2.86. The Morgan fingerprint density at radius 1 is 1.12 bits per heavy atom. The molecule has 4 aromatic rings. The van der Waals surface area contributed by atoms with E-state index in [0.717, 1.165) is 38.9 Å². The van der Waals surface area contributed by atoms with Gasteiger partial charge in [0.1, 0.15) is 17.1 Å². The molecular formula is C20H20N4OS. The number of benzene rings is 1. The number of nitrogens with zero attached hydrogens (tertiary/aromatic N) is 3. The van der Waals surface area contributed by atoms with Crippen LogP contribution < -0.4 is 10.5 Å². The second kappa shape index (κ2) is 6.46. The number of aryl methyl sites for hydroxylation is 2. The van der Waals surface area contributed by atoms with Crippen molar-refractivity contribution >= 4 is 22.1 Å². The van der Waals surface area contributed by atoms with Crippen LogP contribution in [0.2, 0.25) is 0 Å². The van der Waals surface area contributed by atoms with Crippen LogP contribution in [0.4, 0.5) is 5.13 Å². The Morgan fingerprint density at radius 3 is 2.62 bits per heavy atom. The van der Waals surface area contributed by atoms with E-state index in [0.29, 0.717) is 11.7 Å². The molecule has 3 heterocycles. The Morgan fingerprint density at radius 2 is 1.88 bits per heavy atom. The second-order valence-electron chi connectivity index (χ2n) is 6.17. The molecule has 0 spiro atoms. The molecule has 2 N–H and O–H groups in total. The highest BCUT2D eigenvalue weighted by atomic mass is 32.1. The van der Waals surface area contributed by atoms with Crippen LogP contribution in [0.3, 0.4) is 0 Å². The van der Waals surface area contributed by atoms with E-state index < -0.39 is 0 Å². The first-order chi connectivity index (χ1) is 12.6. The molecule has 0 radical (unpaired) electrons. The predicted molar refractivity (Wildman–Crippen MR) is 107 cm³/mol. The molecule has 0 saturated heterocycles. The minimum absolute atomic E-state index is 0.547. The number of fused-ring (bicyclic) bond motifs is 1. The quantitative estimate of drug-likeness (QED) is 0.569. The molecule has 1 aromatic carbocycles. The molecule has 5 nitrogen and oxygen atoms in total. The van der Waals surface area contributed by atoms with E-state index in [-0.39, 0.29) is 0 Å². The highest BCUT2D eigenvalue weighted by Gasteiger charge is 2.20. The molecule has 0 unspecified atom stereocenters. The molecule has 0 saturated carbocycles. The van der Waals surface area contributed by atoms with Gasteiger partial charge in [-0.15, -0.1) is 0 Å². The van der Waals surface area contributed by atoms with E-state index >= 15 is 0 Å². The van der Waals surface area contributed by atoms with Gasteiger partial charge in [-0.25, -0.2) is 9.97 Å². The molecule has 4 rings (SSSR count). The topological polar surface area (TPSA) is 65.4 Å². The molecule has 0 aliphatic heterocycles. The lowest BCUT2D eigenvalue weighted by molar-refractivity contribution is 0.340. The zero-order chi connectivity index (χ0) is 18.3. The van der Waals surface area contributed by atoms with Crippen LogP contribution in [0.25, 0.3) is 27.5 Å². The van der Waals surface area contributed by atoms with Gasteiger partial charge >= 0.3 is 0 Å². The molecule has 3 aromatic heterocycles. The molecule has 132 valence electrons. The summed E-state index contributed by atoms with van der Waals surface area (Å²) < 4.78 is 7.62. The number of rotatable bonds is 4. The van der Waals surface area contributed by atoms with E-state index in [9.17, 15) is 0 Å². The molecule has 0 aliphatic carbocycles. The van der Waals surface area contributed by atoms with Crippen LogP contribution in [-0.4, -0.2) is 21.0 Å². The van der Waals surface area contributed by atoms with Gasteiger partial charge in [-0.3, -0.25) is 4.40 Å². The van der Waals surface area contributed by atoms with Gasteiger partial charge in [-0.05, 0) is 68.3 Å². The van der Waals surface area contributed by atoms with Gasteiger partial charge in [0.25, 0.3) is 0 Å². The van der Waals surface area contributed by atoms with Crippen LogP contribution in [-0.2, 0) is 0 Å². The van der Waals surface area contributed by atoms with Crippen molar-refractivity contribution in [1.82, 2.24) is 14.4 Å². The number of anilines is 1. The van der Waals surface area contributed by atoms with Crippen LogP contribution in [0, 0.1) is 13.8 Å².